The van der Waals surface area contributed by atoms with Gasteiger partial charge in [-0.05, 0) is 29.5 Å². The lowest BCUT2D eigenvalue weighted by Gasteiger charge is -2.31. The molecule has 2 heteroatoms. The molecular formula is C16H20FN. The molecule has 0 aliphatic carbocycles. The smallest absolute Gasteiger partial charge is 0.131 e. The topological polar surface area (TPSA) is 12.0 Å². The van der Waals surface area contributed by atoms with Crippen LogP contribution in [0.1, 0.15) is 32.4 Å². The average molecular weight is 245 g/mol. The van der Waals surface area contributed by atoms with Gasteiger partial charge in [0.25, 0.3) is 0 Å². The Bertz CT molecular complexity index is 555. The molecule has 2 aromatic rings. The van der Waals surface area contributed by atoms with Gasteiger partial charge in [-0.1, -0.05) is 51.1 Å². The largest absolute Gasteiger partial charge is 0.313 e. The number of hydrogen-bond acceptors (Lipinski definition) is 1. The second kappa shape index (κ2) is 4.69. The van der Waals surface area contributed by atoms with E-state index in [0.717, 1.165) is 10.9 Å². The van der Waals surface area contributed by atoms with E-state index in [1.165, 1.54) is 0 Å². The van der Waals surface area contributed by atoms with Crippen LogP contribution in [0.2, 0.25) is 0 Å². The zero-order valence-corrected chi connectivity index (χ0v) is 11.4. The third-order valence-corrected chi connectivity index (χ3v) is 3.37. The Hall–Kier alpha value is -1.41. The Morgan fingerprint density at radius 3 is 2.17 bits per heavy atom. The van der Waals surface area contributed by atoms with E-state index in [0.29, 0.717) is 5.39 Å². The monoisotopic (exact) mass is 245 g/mol. The summed E-state index contributed by atoms with van der Waals surface area (Å²) in [6.45, 7) is 6.56. The minimum Gasteiger partial charge on any atom is -0.313 e. The lowest BCUT2D eigenvalue weighted by Crippen LogP contribution is -2.29. The first kappa shape index (κ1) is 13.0. The highest BCUT2D eigenvalue weighted by Gasteiger charge is 2.26. The molecular weight excluding hydrogens is 225 g/mol. The lowest BCUT2D eigenvalue weighted by atomic mass is 9.81. The first-order valence-electron chi connectivity index (χ1n) is 6.29. The number of rotatable bonds is 2. The van der Waals surface area contributed by atoms with Crippen LogP contribution in [0, 0.1) is 11.2 Å². The summed E-state index contributed by atoms with van der Waals surface area (Å²) in [4.78, 5) is 0. The predicted octanol–water partition coefficient (Wildman–Crippen LogP) is 4.29. The average Bonchev–Trinajstić information content (AvgIpc) is 2.32. The van der Waals surface area contributed by atoms with Gasteiger partial charge in [-0.25, -0.2) is 4.39 Å². The van der Waals surface area contributed by atoms with Crippen LogP contribution < -0.4 is 5.32 Å². The fourth-order valence-corrected chi connectivity index (χ4v) is 2.59. The Labute approximate surface area is 108 Å². The van der Waals surface area contributed by atoms with Crippen LogP contribution in [0.3, 0.4) is 0 Å². The molecule has 1 N–H and O–H groups in total. The van der Waals surface area contributed by atoms with Gasteiger partial charge in [-0.2, -0.15) is 0 Å². The van der Waals surface area contributed by atoms with Crippen molar-refractivity contribution in [1.82, 2.24) is 5.32 Å². The highest BCUT2D eigenvalue weighted by molar-refractivity contribution is 5.86. The Balaban J connectivity index is 2.68. The standard InChI is InChI=1S/C16H20FN/c1-16(2,3)15(18-4)13-9-10-14(17)12-8-6-5-7-11(12)13/h5-10,15,18H,1-4H3. The summed E-state index contributed by atoms with van der Waals surface area (Å²) in [7, 11) is 1.95. The van der Waals surface area contributed by atoms with Gasteiger partial charge in [0.2, 0.25) is 0 Å². The molecule has 1 atom stereocenters. The molecule has 0 amide bonds. The summed E-state index contributed by atoms with van der Waals surface area (Å²) >= 11 is 0. The van der Waals surface area contributed by atoms with Crippen molar-refractivity contribution in [2.75, 3.05) is 7.05 Å². The first-order valence-corrected chi connectivity index (χ1v) is 6.29. The van der Waals surface area contributed by atoms with Crippen LogP contribution in [0.15, 0.2) is 36.4 Å². The fraction of sp³-hybridized carbons (Fsp3) is 0.375. The van der Waals surface area contributed by atoms with E-state index >= 15 is 0 Å². The van der Waals surface area contributed by atoms with Crippen molar-refractivity contribution >= 4 is 10.8 Å². The molecule has 0 radical (unpaired) electrons. The van der Waals surface area contributed by atoms with E-state index < -0.39 is 0 Å². The SMILES string of the molecule is CNC(c1ccc(F)c2ccccc12)C(C)(C)C. The quantitative estimate of drug-likeness (QED) is 0.832. The zero-order chi connectivity index (χ0) is 13.3. The van der Waals surface area contributed by atoms with Gasteiger partial charge in [0.05, 0.1) is 0 Å². The zero-order valence-electron chi connectivity index (χ0n) is 11.4. The number of halogens is 1. The van der Waals surface area contributed by atoms with E-state index in [2.05, 4.69) is 26.1 Å². The maximum atomic E-state index is 13.8. The summed E-state index contributed by atoms with van der Waals surface area (Å²) in [5.41, 5.74) is 1.23. The Morgan fingerprint density at radius 2 is 1.61 bits per heavy atom. The molecule has 96 valence electrons. The Kier molecular flexibility index (Phi) is 3.40. The maximum Gasteiger partial charge on any atom is 0.131 e. The van der Waals surface area contributed by atoms with Gasteiger partial charge in [-0.15, -0.1) is 0 Å². The predicted molar refractivity (Wildman–Crippen MR) is 75.2 cm³/mol. The summed E-state index contributed by atoms with van der Waals surface area (Å²) in [6.07, 6.45) is 0. The van der Waals surface area contributed by atoms with Crippen LogP contribution >= 0.6 is 0 Å². The molecule has 0 saturated heterocycles. The van der Waals surface area contributed by atoms with Crippen LogP contribution in [-0.2, 0) is 0 Å². The molecule has 1 unspecified atom stereocenters. The summed E-state index contributed by atoms with van der Waals surface area (Å²) in [6, 6.07) is 11.3. The molecule has 0 fully saturated rings. The molecule has 0 aromatic heterocycles. The second-order valence-corrected chi connectivity index (χ2v) is 5.77. The summed E-state index contributed by atoms with van der Waals surface area (Å²) < 4.78 is 13.8. The third-order valence-electron chi connectivity index (χ3n) is 3.37. The van der Waals surface area contributed by atoms with E-state index in [4.69, 9.17) is 0 Å². The molecule has 2 rings (SSSR count). The van der Waals surface area contributed by atoms with Gasteiger partial charge in [-0.3, -0.25) is 0 Å². The number of hydrogen-bond donors (Lipinski definition) is 1. The molecule has 2 aromatic carbocycles. The van der Waals surface area contributed by atoms with Gasteiger partial charge < -0.3 is 5.32 Å². The normalized spacial score (nSPS) is 13.8. The van der Waals surface area contributed by atoms with E-state index in [1.54, 1.807) is 6.07 Å². The highest BCUT2D eigenvalue weighted by atomic mass is 19.1. The van der Waals surface area contributed by atoms with Crippen molar-refractivity contribution < 1.29 is 4.39 Å². The van der Waals surface area contributed by atoms with Gasteiger partial charge in [0.15, 0.2) is 0 Å². The Morgan fingerprint density at radius 1 is 1.00 bits per heavy atom. The second-order valence-electron chi connectivity index (χ2n) is 5.77. The van der Waals surface area contributed by atoms with Crippen molar-refractivity contribution in [1.29, 1.82) is 0 Å². The van der Waals surface area contributed by atoms with Crippen LogP contribution in [0.5, 0.6) is 0 Å². The number of benzene rings is 2. The van der Waals surface area contributed by atoms with Crippen LogP contribution in [0.4, 0.5) is 4.39 Å². The van der Waals surface area contributed by atoms with Gasteiger partial charge in [0, 0.05) is 11.4 Å². The molecule has 0 saturated carbocycles. The van der Waals surface area contributed by atoms with Crippen molar-refractivity contribution in [3.05, 3.63) is 47.8 Å². The number of nitrogens with one attached hydrogen (secondary N) is 1. The molecule has 18 heavy (non-hydrogen) atoms. The van der Waals surface area contributed by atoms with Crippen molar-refractivity contribution in [2.24, 2.45) is 5.41 Å². The van der Waals surface area contributed by atoms with Crippen molar-refractivity contribution in [2.45, 2.75) is 26.8 Å². The van der Waals surface area contributed by atoms with Crippen LogP contribution in [0.25, 0.3) is 10.8 Å². The van der Waals surface area contributed by atoms with E-state index in [1.807, 2.05) is 37.4 Å². The van der Waals surface area contributed by atoms with Gasteiger partial charge >= 0.3 is 0 Å². The van der Waals surface area contributed by atoms with E-state index in [-0.39, 0.29) is 17.3 Å². The minimum atomic E-state index is -0.155. The lowest BCUT2D eigenvalue weighted by molar-refractivity contribution is 0.288. The van der Waals surface area contributed by atoms with E-state index in [9.17, 15) is 4.39 Å². The molecule has 0 heterocycles. The molecule has 0 spiro atoms. The van der Waals surface area contributed by atoms with Crippen LogP contribution in [-0.4, -0.2) is 7.05 Å². The molecule has 0 aliphatic rings. The van der Waals surface area contributed by atoms with Crippen molar-refractivity contribution in [3.63, 3.8) is 0 Å². The first-order chi connectivity index (χ1) is 8.45. The minimum absolute atomic E-state index is 0.0787. The van der Waals surface area contributed by atoms with Crippen molar-refractivity contribution in [3.8, 4) is 0 Å². The van der Waals surface area contributed by atoms with Gasteiger partial charge in [0.1, 0.15) is 5.82 Å². The molecule has 0 aliphatic heterocycles. The third kappa shape index (κ3) is 2.25. The molecule has 0 bridgehead atoms. The highest BCUT2D eigenvalue weighted by Crippen LogP contribution is 2.36. The maximum absolute atomic E-state index is 13.8. The summed E-state index contributed by atoms with van der Waals surface area (Å²) in [5.74, 6) is -0.155. The fourth-order valence-electron chi connectivity index (χ4n) is 2.59. The molecule has 1 nitrogen and oxygen atoms in total. The number of fused-ring (bicyclic) bond motifs is 1. The summed E-state index contributed by atoms with van der Waals surface area (Å²) in [5, 5.41) is 5.03.